The average Bonchev–Trinajstić information content (AvgIpc) is 2.49. The number of nitrogens with one attached hydrogen (secondary N) is 1. The normalized spacial score (nSPS) is 13.0. The van der Waals surface area contributed by atoms with E-state index in [9.17, 15) is 0 Å². The molecule has 0 aromatic heterocycles. The standard InChI is InChI=1S/C19H40ClN/c1-4-7-8-9-10-11-12-13-14-15-16-21-17-19(20)18(5-2)6-3/h18-19,21H,4-17H2,1-3H3. The van der Waals surface area contributed by atoms with E-state index in [1.807, 2.05) is 0 Å². The maximum Gasteiger partial charge on any atom is 0.0488 e. The van der Waals surface area contributed by atoms with Gasteiger partial charge in [0.15, 0.2) is 0 Å². The molecule has 1 N–H and O–H groups in total. The van der Waals surface area contributed by atoms with Gasteiger partial charge in [0.1, 0.15) is 0 Å². The summed E-state index contributed by atoms with van der Waals surface area (Å²) < 4.78 is 0. The van der Waals surface area contributed by atoms with Crippen molar-refractivity contribution in [1.82, 2.24) is 5.32 Å². The van der Waals surface area contributed by atoms with Crippen LogP contribution < -0.4 is 5.32 Å². The minimum atomic E-state index is 0.308. The Morgan fingerprint density at radius 3 is 1.67 bits per heavy atom. The molecule has 0 radical (unpaired) electrons. The van der Waals surface area contributed by atoms with E-state index < -0.39 is 0 Å². The molecule has 0 saturated heterocycles. The van der Waals surface area contributed by atoms with Crippen molar-refractivity contribution in [2.24, 2.45) is 5.92 Å². The fraction of sp³-hybridized carbons (Fsp3) is 1.00. The summed E-state index contributed by atoms with van der Waals surface area (Å²) in [4.78, 5) is 0. The highest BCUT2D eigenvalue weighted by Gasteiger charge is 2.14. The summed E-state index contributed by atoms with van der Waals surface area (Å²) in [6, 6.07) is 0. The summed E-state index contributed by atoms with van der Waals surface area (Å²) in [5.74, 6) is 0.673. The van der Waals surface area contributed by atoms with E-state index in [1.54, 1.807) is 0 Å². The van der Waals surface area contributed by atoms with Gasteiger partial charge in [0.25, 0.3) is 0 Å². The van der Waals surface area contributed by atoms with Crippen molar-refractivity contribution < 1.29 is 0 Å². The molecule has 0 amide bonds. The van der Waals surface area contributed by atoms with Crippen molar-refractivity contribution in [2.45, 2.75) is 103 Å². The zero-order chi connectivity index (χ0) is 15.8. The van der Waals surface area contributed by atoms with Crippen LogP contribution in [0.2, 0.25) is 0 Å². The maximum absolute atomic E-state index is 6.42. The second-order valence-corrected chi connectivity index (χ2v) is 7.04. The van der Waals surface area contributed by atoms with E-state index in [0.717, 1.165) is 13.1 Å². The molecule has 0 aliphatic rings. The minimum absolute atomic E-state index is 0.308. The Balaban J connectivity index is 3.18. The minimum Gasteiger partial charge on any atom is -0.315 e. The van der Waals surface area contributed by atoms with Crippen molar-refractivity contribution in [1.29, 1.82) is 0 Å². The van der Waals surface area contributed by atoms with Crippen LogP contribution in [0.15, 0.2) is 0 Å². The number of unbranched alkanes of at least 4 members (excludes halogenated alkanes) is 9. The molecule has 2 heteroatoms. The van der Waals surface area contributed by atoms with Gasteiger partial charge in [-0.05, 0) is 18.9 Å². The third-order valence-electron chi connectivity index (χ3n) is 4.61. The smallest absolute Gasteiger partial charge is 0.0488 e. The van der Waals surface area contributed by atoms with Gasteiger partial charge in [0, 0.05) is 11.9 Å². The van der Waals surface area contributed by atoms with Crippen LogP contribution in [0, 0.1) is 5.92 Å². The zero-order valence-electron chi connectivity index (χ0n) is 14.9. The molecule has 21 heavy (non-hydrogen) atoms. The molecule has 0 aliphatic carbocycles. The van der Waals surface area contributed by atoms with Gasteiger partial charge in [-0.2, -0.15) is 0 Å². The number of hydrogen-bond acceptors (Lipinski definition) is 1. The number of halogens is 1. The van der Waals surface area contributed by atoms with E-state index in [1.165, 1.54) is 77.0 Å². The SMILES string of the molecule is CCCCCCCCCCCCNCC(Cl)C(CC)CC. The van der Waals surface area contributed by atoms with Crippen LogP contribution in [0.5, 0.6) is 0 Å². The van der Waals surface area contributed by atoms with E-state index in [2.05, 4.69) is 26.1 Å². The van der Waals surface area contributed by atoms with Crippen molar-refractivity contribution in [3.05, 3.63) is 0 Å². The summed E-state index contributed by atoms with van der Waals surface area (Å²) in [7, 11) is 0. The number of hydrogen-bond donors (Lipinski definition) is 1. The van der Waals surface area contributed by atoms with Gasteiger partial charge in [0.05, 0.1) is 0 Å². The first-order valence-electron chi connectivity index (χ1n) is 9.60. The molecular formula is C19H40ClN. The zero-order valence-corrected chi connectivity index (χ0v) is 15.7. The number of rotatable bonds is 16. The average molecular weight is 318 g/mol. The highest BCUT2D eigenvalue weighted by molar-refractivity contribution is 6.21. The van der Waals surface area contributed by atoms with Gasteiger partial charge in [-0.15, -0.1) is 11.6 Å². The molecular weight excluding hydrogens is 278 g/mol. The lowest BCUT2D eigenvalue weighted by atomic mass is 9.99. The number of alkyl halides is 1. The Hall–Kier alpha value is 0.250. The highest BCUT2D eigenvalue weighted by Crippen LogP contribution is 2.17. The molecule has 0 spiro atoms. The van der Waals surface area contributed by atoms with Crippen LogP contribution in [-0.2, 0) is 0 Å². The maximum atomic E-state index is 6.42. The molecule has 1 nitrogen and oxygen atoms in total. The molecule has 0 saturated carbocycles. The molecule has 0 fully saturated rings. The summed E-state index contributed by atoms with van der Waals surface area (Å²) in [6.07, 6.45) is 16.5. The second-order valence-electron chi connectivity index (χ2n) is 6.48. The van der Waals surface area contributed by atoms with Gasteiger partial charge < -0.3 is 5.32 Å². The summed E-state index contributed by atoms with van der Waals surface area (Å²) in [5.41, 5.74) is 0. The van der Waals surface area contributed by atoms with Crippen molar-refractivity contribution in [2.75, 3.05) is 13.1 Å². The Labute approximate surface area is 139 Å². The molecule has 128 valence electrons. The second kappa shape index (κ2) is 16.6. The van der Waals surface area contributed by atoms with E-state index in [0.29, 0.717) is 11.3 Å². The van der Waals surface area contributed by atoms with Crippen LogP contribution >= 0.6 is 11.6 Å². The molecule has 1 atom stereocenters. The van der Waals surface area contributed by atoms with Crippen LogP contribution in [0.1, 0.15) is 97.8 Å². The molecule has 0 aromatic rings. The molecule has 0 bridgehead atoms. The van der Waals surface area contributed by atoms with E-state index in [-0.39, 0.29) is 0 Å². The predicted octanol–water partition coefficient (Wildman–Crippen LogP) is 6.54. The van der Waals surface area contributed by atoms with Crippen molar-refractivity contribution in [3.8, 4) is 0 Å². The van der Waals surface area contributed by atoms with Gasteiger partial charge >= 0.3 is 0 Å². The van der Waals surface area contributed by atoms with Gasteiger partial charge in [0.2, 0.25) is 0 Å². The fourth-order valence-corrected chi connectivity index (χ4v) is 3.41. The third-order valence-corrected chi connectivity index (χ3v) is 5.12. The van der Waals surface area contributed by atoms with Crippen molar-refractivity contribution >= 4 is 11.6 Å². The molecule has 0 rings (SSSR count). The van der Waals surface area contributed by atoms with Gasteiger partial charge in [-0.3, -0.25) is 0 Å². The Morgan fingerprint density at radius 1 is 0.714 bits per heavy atom. The Morgan fingerprint density at radius 2 is 1.19 bits per heavy atom. The van der Waals surface area contributed by atoms with E-state index in [4.69, 9.17) is 11.6 Å². The van der Waals surface area contributed by atoms with Gasteiger partial charge in [-0.25, -0.2) is 0 Å². The first-order chi connectivity index (χ1) is 10.3. The monoisotopic (exact) mass is 317 g/mol. The molecule has 0 aromatic carbocycles. The molecule has 1 unspecified atom stereocenters. The van der Waals surface area contributed by atoms with E-state index >= 15 is 0 Å². The first kappa shape index (κ1) is 21.2. The summed E-state index contributed by atoms with van der Waals surface area (Å²) >= 11 is 6.42. The lowest BCUT2D eigenvalue weighted by Crippen LogP contribution is -2.29. The topological polar surface area (TPSA) is 12.0 Å². The molecule has 0 aliphatic heterocycles. The Bertz CT molecular complexity index is 192. The van der Waals surface area contributed by atoms with Crippen LogP contribution in [0.3, 0.4) is 0 Å². The van der Waals surface area contributed by atoms with Crippen molar-refractivity contribution in [3.63, 3.8) is 0 Å². The third kappa shape index (κ3) is 13.6. The first-order valence-corrected chi connectivity index (χ1v) is 10.0. The lowest BCUT2D eigenvalue weighted by Gasteiger charge is -2.19. The lowest BCUT2D eigenvalue weighted by molar-refractivity contribution is 0.442. The largest absolute Gasteiger partial charge is 0.315 e. The quantitative estimate of drug-likeness (QED) is 0.252. The van der Waals surface area contributed by atoms with Crippen LogP contribution in [-0.4, -0.2) is 18.5 Å². The van der Waals surface area contributed by atoms with Crippen LogP contribution in [0.4, 0.5) is 0 Å². The fourth-order valence-electron chi connectivity index (χ4n) is 2.94. The summed E-state index contributed by atoms with van der Waals surface area (Å²) in [6.45, 7) is 8.88. The Kier molecular flexibility index (Phi) is 16.8. The predicted molar refractivity (Wildman–Crippen MR) is 98.4 cm³/mol. The summed E-state index contributed by atoms with van der Waals surface area (Å²) in [5, 5.41) is 3.84. The van der Waals surface area contributed by atoms with Gasteiger partial charge in [-0.1, -0.05) is 91.4 Å². The van der Waals surface area contributed by atoms with Crippen LogP contribution in [0.25, 0.3) is 0 Å². The molecule has 0 heterocycles. The highest BCUT2D eigenvalue weighted by atomic mass is 35.5.